The van der Waals surface area contributed by atoms with Crippen LogP contribution in [0.25, 0.3) is 16.8 Å². The lowest BCUT2D eigenvalue weighted by Gasteiger charge is -2.16. The maximum Gasteiger partial charge on any atom is 0.244 e. The molecule has 3 aromatic heterocycles. The van der Waals surface area contributed by atoms with E-state index in [1.807, 2.05) is 29.1 Å². The number of ether oxygens (including phenoxy) is 1. The molecule has 2 fully saturated rings. The summed E-state index contributed by atoms with van der Waals surface area (Å²) < 4.78 is 9.09. The molecule has 1 saturated heterocycles. The number of hydrogen-bond acceptors (Lipinski definition) is 5. The molecule has 142 valence electrons. The van der Waals surface area contributed by atoms with E-state index in [4.69, 9.17) is 10.00 Å². The molecule has 1 atom stereocenters. The van der Waals surface area contributed by atoms with Gasteiger partial charge in [0.2, 0.25) is 11.8 Å². The summed E-state index contributed by atoms with van der Waals surface area (Å²) >= 11 is 0. The Hall–Kier alpha value is -3.34. The van der Waals surface area contributed by atoms with E-state index in [1.165, 1.54) is 19.3 Å². The summed E-state index contributed by atoms with van der Waals surface area (Å²) in [7, 11) is 0. The van der Waals surface area contributed by atoms with E-state index < -0.39 is 5.92 Å². The predicted molar refractivity (Wildman–Crippen MR) is 102 cm³/mol. The number of amides is 1. The Labute approximate surface area is 161 Å². The smallest absolute Gasteiger partial charge is 0.244 e. The van der Waals surface area contributed by atoms with Crippen molar-refractivity contribution in [2.75, 3.05) is 18.1 Å². The minimum Gasteiger partial charge on any atom is -0.476 e. The molecule has 2 aliphatic heterocycles. The van der Waals surface area contributed by atoms with Gasteiger partial charge < -0.3 is 9.64 Å². The van der Waals surface area contributed by atoms with Gasteiger partial charge in [-0.05, 0) is 18.6 Å². The molecule has 1 saturated carbocycles. The van der Waals surface area contributed by atoms with Crippen LogP contribution in [0.15, 0.2) is 30.6 Å². The van der Waals surface area contributed by atoms with Crippen molar-refractivity contribution in [2.24, 2.45) is 5.92 Å². The fraction of sp³-hybridized carbons (Fsp3) is 0.400. The minimum atomic E-state index is -0.559. The quantitative estimate of drug-likeness (QED) is 0.686. The Morgan fingerprint density at radius 1 is 1.21 bits per heavy atom. The lowest BCUT2D eigenvalue weighted by Crippen LogP contribution is -2.27. The van der Waals surface area contributed by atoms with Gasteiger partial charge in [0.05, 0.1) is 29.5 Å². The van der Waals surface area contributed by atoms with E-state index >= 15 is 0 Å². The summed E-state index contributed by atoms with van der Waals surface area (Å²) in [5, 5.41) is 18.0. The summed E-state index contributed by atoms with van der Waals surface area (Å²) in [6.07, 6.45) is 8.61. The van der Waals surface area contributed by atoms with Crippen molar-refractivity contribution in [3.05, 3.63) is 30.6 Å². The number of nitriles is 1. The minimum absolute atomic E-state index is 0.146. The van der Waals surface area contributed by atoms with Crippen LogP contribution in [0, 0.1) is 17.2 Å². The number of anilines is 1. The van der Waals surface area contributed by atoms with Gasteiger partial charge in [-0.1, -0.05) is 19.3 Å². The van der Waals surface area contributed by atoms with E-state index in [9.17, 15) is 4.79 Å². The molecular formula is C20H20N6O2. The second-order valence-corrected chi connectivity index (χ2v) is 7.24. The highest BCUT2D eigenvalue weighted by molar-refractivity contribution is 6.02. The Morgan fingerprint density at radius 2 is 2.07 bits per heavy atom. The van der Waals surface area contributed by atoms with Gasteiger partial charge in [-0.2, -0.15) is 15.5 Å². The SMILES string of the molecule is C1CC1.N#CC1CCN(c2ccnn3cc(-c4cc5n(n4)CCO5)cc23)C1=O. The molecule has 8 heteroatoms. The fourth-order valence-corrected chi connectivity index (χ4v) is 3.46. The molecule has 8 nitrogen and oxygen atoms in total. The Morgan fingerprint density at radius 3 is 2.79 bits per heavy atom. The first-order valence-electron chi connectivity index (χ1n) is 9.64. The van der Waals surface area contributed by atoms with Crippen LogP contribution in [-0.4, -0.2) is 38.5 Å². The molecule has 0 spiro atoms. The molecule has 0 aromatic carbocycles. The zero-order valence-corrected chi connectivity index (χ0v) is 15.4. The third kappa shape index (κ3) is 2.89. The number of carbonyl (C=O) groups excluding carboxylic acids is 1. The number of nitrogens with zero attached hydrogens (tertiary/aromatic N) is 6. The topological polar surface area (TPSA) is 88.4 Å². The average molecular weight is 376 g/mol. The summed E-state index contributed by atoms with van der Waals surface area (Å²) in [4.78, 5) is 14.1. The van der Waals surface area contributed by atoms with Crippen molar-refractivity contribution in [3.63, 3.8) is 0 Å². The molecule has 28 heavy (non-hydrogen) atoms. The zero-order valence-electron chi connectivity index (χ0n) is 15.4. The van der Waals surface area contributed by atoms with Crippen LogP contribution >= 0.6 is 0 Å². The second kappa shape index (κ2) is 6.68. The number of carbonyl (C=O) groups is 1. The first kappa shape index (κ1) is 16.8. The highest BCUT2D eigenvalue weighted by Gasteiger charge is 2.33. The van der Waals surface area contributed by atoms with E-state index in [0.29, 0.717) is 19.6 Å². The molecule has 1 amide bonds. The molecule has 1 aliphatic carbocycles. The maximum absolute atomic E-state index is 12.4. The van der Waals surface area contributed by atoms with Crippen LogP contribution in [0.4, 0.5) is 5.69 Å². The maximum atomic E-state index is 12.4. The van der Waals surface area contributed by atoms with E-state index in [-0.39, 0.29) is 5.91 Å². The first-order valence-corrected chi connectivity index (χ1v) is 9.64. The number of aromatic nitrogens is 4. The lowest BCUT2D eigenvalue weighted by atomic mass is 10.1. The molecule has 6 rings (SSSR count). The van der Waals surface area contributed by atoms with Crippen LogP contribution in [0.1, 0.15) is 25.7 Å². The molecule has 1 unspecified atom stereocenters. The number of hydrogen-bond donors (Lipinski definition) is 0. The molecule has 0 N–H and O–H groups in total. The number of rotatable bonds is 2. The van der Waals surface area contributed by atoms with Crippen LogP contribution in [0.3, 0.4) is 0 Å². The summed E-state index contributed by atoms with van der Waals surface area (Å²) in [6, 6.07) is 7.76. The van der Waals surface area contributed by atoms with Crippen LogP contribution < -0.4 is 9.64 Å². The Balaban J connectivity index is 0.000000522. The van der Waals surface area contributed by atoms with Gasteiger partial charge in [0, 0.05) is 30.6 Å². The normalized spacial score (nSPS) is 19.8. The van der Waals surface area contributed by atoms with Crippen molar-refractivity contribution in [1.29, 1.82) is 5.26 Å². The molecule has 3 aromatic rings. The standard InChI is InChI=1S/C17H14N6O2.C3H6/c18-9-11-2-4-21(17(11)24)14-1-3-19-23-10-12(7-15(14)23)13-8-16-22(20-13)5-6-25-16;1-2-3-1/h1,3,7-8,10-11H,2,4-6H2;1-3H2. The van der Waals surface area contributed by atoms with Crippen molar-refractivity contribution in [1.82, 2.24) is 19.4 Å². The third-order valence-corrected chi connectivity index (χ3v) is 5.08. The highest BCUT2D eigenvalue weighted by Crippen LogP contribution is 2.32. The molecule has 5 heterocycles. The third-order valence-electron chi connectivity index (χ3n) is 5.08. The monoisotopic (exact) mass is 376 g/mol. The largest absolute Gasteiger partial charge is 0.476 e. The van der Waals surface area contributed by atoms with Gasteiger partial charge in [0.25, 0.3) is 0 Å². The van der Waals surface area contributed by atoms with Crippen molar-refractivity contribution in [2.45, 2.75) is 32.2 Å². The summed E-state index contributed by atoms with van der Waals surface area (Å²) in [5.41, 5.74) is 3.31. The van der Waals surface area contributed by atoms with Crippen molar-refractivity contribution < 1.29 is 9.53 Å². The van der Waals surface area contributed by atoms with Gasteiger partial charge in [-0.25, -0.2) is 9.20 Å². The second-order valence-electron chi connectivity index (χ2n) is 7.24. The Bertz CT molecular complexity index is 1070. The van der Waals surface area contributed by atoms with E-state index in [2.05, 4.69) is 16.3 Å². The van der Waals surface area contributed by atoms with Gasteiger partial charge in [0.15, 0.2) is 0 Å². The molecule has 0 radical (unpaired) electrons. The predicted octanol–water partition coefficient (Wildman–Crippen LogP) is 2.64. The lowest BCUT2D eigenvalue weighted by molar-refractivity contribution is -0.118. The fourth-order valence-electron chi connectivity index (χ4n) is 3.46. The Kier molecular flexibility index (Phi) is 4.01. The molecule has 3 aliphatic rings. The summed E-state index contributed by atoms with van der Waals surface area (Å²) in [5.74, 6) is 0.0636. The van der Waals surface area contributed by atoms with Crippen LogP contribution in [-0.2, 0) is 11.3 Å². The zero-order chi connectivity index (χ0) is 19.1. The van der Waals surface area contributed by atoms with Crippen LogP contribution in [0.2, 0.25) is 0 Å². The van der Waals surface area contributed by atoms with E-state index in [1.54, 1.807) is 15.6 Å². The van der Waals surface area contributed by atoms with Gasteiger partial charge in [0.1, 0.15) is 12.5 Å². The number of fused-ring (bicyclic) bond motifs is 2. The summed E-state index contributed by atoms with van der Waals surface area (Å²) in [6.45, 7) is 1.96. The van der Waals surface area contributed by atoms with Gasteiger partial charge in [-0.3, -0.25) is 4.79 Å². The average Bonchev–Trinajstić information content (AvgIpc) is 3.12. The highest BCUT2D eigenvalue weighted by atomic mass is 16.5. The van der Waals surface area contributed by atoms with Crippen molar-refractivity contribution in [3.8, 4) is 23.2 Å². The van der Waals surface area contributed by atoms with Crippen molar-refractivity contribution >= 4 is 17.1 Å². The van der Waals surface area contributed by atoms with Gasteiger partial charge in [-0.15, -0.1) is 0 Å². The molecule has 0 bridgehead atoms. The first-order chi connectivity index (χ1) is 13.7. The van der Waals surface area contributed by atoms with E-state index in [0.717, 1.165) is 34.9 Å². The van der Waals surface area contributed by atoms with Gasteiger partial charge >= 0.3 is 0 Å². The molecular weight excluding hydrogens is 356 g/mol. The van der Waals surface area contributed by atoms with Crippen LogP contribution in [0.5, 0.6) is 5.88 Å².